The van der Waals surface area contributed by atoms with Gasteiger partial charge in [0.05, 0.1) is 22.6 Å². The highest BCUT2D eigenvalue weighted by atomic mass is 19.1. The Balaban J connectivity index is 1.36. The third-order valence-corrected chi connectivity index (χ3v) is 5.96. The van der Waals surface area contributed by atoms with Crippen molar-refractivity contribution in [2.24, 2.45) is 0 Å². The quantitative estimate of drug-likeness (QED) is 0.227. The highest BCUT2D eigenvalue weighted by Gasteiger charge is 2.22. The van der Waals surface area contributed by atoms with Gasteiger partial charge < -0.3 is 15.4 Å². The Morgan fingerprint density at radius 1 is 0.923 bits per heavy atom. The summed E-state index contributed by atoms with van der Waals surface area (Å²) in [5.74, 6) is 1.21. The highest BCUT2D eigenvalue weighted by molar-refractivity contribution is 5.99. The van der Waals surface area contributed by atoms with Gasteiger partial charge in [0.1, 0.15) is 29.0 Å². The highest BCUT2D eigenvalue weighted by Crippen LogP contribution is 2.29. The number of rotatable bonds is 6. The number of carbonyl (C=O) groups is 1. The van der Waals surface area contributed by atoms with Crippen LogP contribution in [0.4, 0.5) is 26.5 Å². The summed E-state index contributed by atoms with van der Waals surface area (Å²) in [5.41, 5.74) is 2.14. The van der Waals surface area contributed by atoms with Crippen LogP contribution in [0.1, 0.15) is 26.5 Å². The maximum atomic E-state index is 14.9. The molecule has 0 unspecified atom stereocenters. The smallest absolute Gasteiger partial charge is 0.324 e. The number of hydrogen-bond acceptors (Lipinski definition) is 6. The van der Waals surface area contributed by atoms with Crippen LogP contribution >= 0.6 is 0 Å². The summed E-state index contributed by atoms with van der Waals surface area (Å²) < 4.78 is 22.3. The number of halogens is 1. The molecule has 0 bridgehead atoms. The summed E-state index contributed by atoms with van der Waals surface area (Å²) in [6, 6.07) is 18.4. The summed E-state index contributed by atoms with van der Waals surface area (Å²) in [4.78, 5) is 21.4. The van der Waals surface area contributed by atoms with Gasteiger partial charge in [-0.15, -0.1) is 0 Å². The van der Waals surface area contributed by atoms with Crippen molar-refractivity contribution in [2.75, 3.05) is 23.0 Å². The van der Waals surface area contributed by atoms with Gasteiger partial charge in [-0.05, 0) is 42.5 Å². The van der Waals surface area contributed by atoms with E-state index in [1.165, 1.54) is 12.1 Å². The predicted octanol–water partition coefficient (Wildman–Crippen LogP) is 6.73. The van der Waals surface area contributed by atoms with Crippen molar-refractivity contribution in [1.29, 1.82) is 0 Å². The number of aromatic nitrogens is 4. The largest absolute Gasteiger partial charge is 0.457 e. The molecule has 2 aromatic carbocycles. The summed E-state index contributed by atoms with van der Waals surface area (Å²) in [5, 5.41) is 14.0. The van der Waals surface area contributed by atoms with Gasteiger partial charge in [0.25, 0.3) is 0 Å². The Hall–Kier alpha value is -4.99. The van der Waals surface area contributed by atoms with E-state index in [-0.39, 0.29) is 16.9 Å². The van der Waals surface area contributed by atoms with Crippen molar-refractivity contribution in [1.82, 2.24) is 19.7 Å². The molecule has 0 radical (unpaired) electrons. The second-order valence-electron chi connectivity index (χ2n) is 9.91. The molecule has 10 heteroatoms. The van der Waals surface area contributed by atoms with Crippen LogP contribution in [0.25, 0.3) is 16.6 Å². The van der Waals surface area contributed by atoms with Gasteiger partial charge in [0.2, 0.25) is 0 Å². The Morgan fingerprint density at radius 2 is 1.74 bits per heavy atom. The molecular weight excluding hydrogens is 497 g/mol. The lowest BCUT2D eigenvalue weighted by molar-refractivity contribution is 0.262. The average Bonchev–Trinajstić information content (AvgIpc) is 3.34. The number of hydrogen-bond donors (Lipinski definition) is 3. The normalized spacial score (nSPS) is 11.3. The maximum Gasteiger partial charge on any atom is 0.324 e. The molecule has 39 heavy (non-hydrogen) atoms. The zero-order valence-electron chi connectivity index (χ0n) is 22.0. The number of fused-ring (bicyclic) bond motifs is 1. The summed E-state index contributed by atoms with van der Waals surface area (Å²) in [7, 11) is 1.74. The van der Waals surface area contributed by atoms with Gasteiger partial charge in [0.15, 0.2) is 0 Å². The number of nitrogens with one attached hydrogen (secondary N) is 3. The van der Waals surface area contributed by atoms with Crippen LogP contribution in [0, 0.1) is 5.82 Å². The zero-order valence-corrected chi connectivity index (χ0v) is 22.0. The lowest BCUT2D eigenvalue weighted by atomic mass is 9.92. The molecule has 3 heterocycles. The third-order valence-electron chi connectivity index (χ3n) is 5.96. The summed E-state index contributed by atoms with van der Waals surface area (Å²) in [6.07, 6.45) is 3.32. The fraction of sp³-hybridized carbons (Fsp3) is 0.172. The molecule has 0 fully saturated rings. The second-order valence-corrected chi connectivity index (χ2v) is 9.91. The van der Waals surface area contributed by atoms with E-state index in [4.69, 9.17) is 9.84 Å². The minimum absolute atomic E-state index is 0.00406. The van der Waals surface area contributed by atoms with E-state index >= 15 is 0 Å². The van der Waals surface area contributed by atoms with Gasteiger partial charge in [-0.1, -0.05) is 26.8 Å². The van der Waals surface area contributed by atoms with E-state index in [0.717, 1.165) is 22.3 Å². The van der Waals surface area contributed by atoms with Crippen molar-refractivity contribution in [3.05, 3.63) is 90.6 Å². The van der Waals surface area contributed by atoms with Crippen molar-refractivity contribution in [2.45, 2.75) is 26.2 Å². The fourth-order valence-corrected chi connectivity index (χ4v) is 3.91. The van der Waals surface area contributed by atoms with E-state index in [9.17, 15) is 9.18 Å². The van der Waals surface area contributed by atoms with Crippen molar-refractivity contribution in [3.8, 4) is 17.2 Å². The van der Waals surface area contributed by atoms with Crippen LogP contribution in [0.5, 0.6) is 11.5 Å². The first-order valence-electron chi connectivity index (χ1n) is 12.3. The SMILES string of the molecule is CNc1cc(Oc2ccc(NC(=O)Nc3cc(C(C)(C)C)nn3-c3ccc4ncccc4c3)c(F)c2)ccn1. The van der Waals surface area contributed by atoms with E-state index in [2.05, 4.69) is 25.9 Å². The van der Waals surface area contributed by atoms with E-state index < -0.39 is 11.8 Å². The number of amides is 2. The monoisotopic (exact) mass is 525 g/mol. The number of anilines is 3. The molecular formula is C29H28FN7O2. The van der Waals surface area contributed by atoms with Crippen molar-refractivity contribution in [3.63, 3.8) is 0 Å². The number of carbonyl (C=O) groups excluding carboxylic acids is 1. The van der Waals surface area contributed by atoms with Gasteiger partial charge in [-0.25, -0.2) is 18.9 Å². The number of pyridine rings is 2. The first kappa shape index (κ1) is 25.7. The minimum Gasteiger partial charge on any atom is -0.457 e. The Labute approximate surface area is 225 Å². The van der Waals surface area contributed by atoms with Gasteiger partial charge >= 0.3 is 6.03 Å². The number of nitrogens with zero attached hydrogens (tertiary/aromatic N) is 4. The van der Waals surface area contributed by atoms with Gasteiger partial charge in [0, 0.05) is 48.4 Å². The molecule has 0 saturated carbocycles. The van der Waals surface area contributed by atoms with E-state index in [1.807, 2.05) is 57.2 Å². The van der Waals surface area contributed by atoms with Crippen LogP contribution < -0.4 is 20.7 Å². The van der Waals surface area contributed by atoms with Crippen LogP contribution in [0.2, 0.25) is 0 Å². The van der Waals surface area contributed by atoms with Gasteiger partial charge in [-0.3, -0.25) is 10.3 Å². The molecule has 9 nitrogen and oxygen atoms in total. The van der Waals surface area contributed by atoms with Crippen LogP contribution in [0.3, 0.4) is 0 Å². The first-order chi connectivity index (χ1) is 18.7. The standard InChI is InChI=1S/C29H28FN7O2/c1-29(2,3)25-17-27(37(36-25)19-7-9-23-18(14-19)6-5-12-32-23)35-28(38)34-24-10-8-20(15-22(24)30)39-21-11-13-33-26(16-21)31-4/h5-17H,1-4H3,(H,31,33)(H2,34,35,38). The Morgan fingerprint density at radius 3 is 2.51 bits per heavy atom. The van der Waals surface area contributed by atoms with E-state index in [1.54, 1.807) is 42.3 Å². The lowest BCUT2D eigenvalue weighted by Gasteiger charge is -2.14. The Kier molecular flexibility index (Phi) is 6.84. The molecule has 3 N–H and O–H groups in total. The minimum atomic E-state index is -0.642. The number of benzene rings is 2. The zero-order chi connectivity index (χ0) is 27.6. The lowest BCUT2D eigenvalue weighted by Crippen LogP contribution is -2.22. The molecule has 0 aliphatic carbocycles. The van der Waals surface area contributed by atoms with E-state index in [0.29, 0.717) is 17.4 Å². The maximum absolute atomic E-state index is 14.9. The van der Waals surface area contributed by atoms with Crippen LogP contribution in [-0.4, -0.2) is 32.8 Å². The molecule has 0 aliphatic rings. The van der Waals surface area contributed by atoms with Crippen molar-refractivity contribution < 1.29 is 13.9 Å². The molecule has 0 aliphatic heterocycles. The first-order valence-corrected chi connectivity index (χ1v) is 12.3. The van der Waals surface area contributed by atoms with Gasteiger partial charge in [-0.2, -0.15) is 5.10 Å². The molecule has 198 valence electrons. The average molecular weight is 526 g/mol. The topological polar surface area (TPSA) is 106 Å². The van der Waals surface area contributed by atoms with Crippen LogP contribution in [0.15, 0.2) is 79.1 Å². The number of urea groups is 1. The molecule has 0 spiro atoms. The molecule has 0 saturated heterocycles. The molecule has 5 rings (SSSR count). The predicted molar refractivity (Wildman–Crippen MR) is 150 cm³/mol. The Bertz CT molecular complexity index is 1660. The molecule has 5 aromatic rings. The molecule has 3 aromatic heterocycles. The summed E-state index contributed by atoms with van der Waals surface area (Å²) in [6.45, 7) is 6.12. The number of ether oxygens (including phenoxy) is 1. The second kappa shape index (κ2) is 10.4. The van der Waals surface area contributed by atoms with Crippen LogP contribution in [-0.2, 0) is 5.41 Å². The molecule has 0 atom stereocenters. The summed E-state index contributed by atoms with van der Waals surface area (Å²) >= 11 is 0. The van der Waals surface area contributed by atoms with Crippen molar-refractivity contribution >= 4 is 34.3 Å². The molecule has 2 amide bonds. The third kappa shape index (κ3) is 5.80. The fourth-order valence-electron chi connectivity index (χ4n) is 3.91.